The van der Waals surface area contributed by atoms with Crippen LogP contribution in [0.4, 0.5) is 13.2 Å². The van der Waals surface area contributed by atoms with Gasteiger partial charge in [-0.2, -0.15) is 13.2 Å². The number of hydrogen-bond acceptors (Lipinski definition) is 4. The maximum absolute atomic E-state index is 13.0. The van der Waals surface area contributed by atoms with Crippen LogP contribution in [-0.4, -0.2) is 55.1 Å². The summed E-state index contributed by atoms with van der Waals surface area (Å²) in [4.78, 5) is 16.5. The Morgan fingerprint density at radius 1 is 1.14 bits per heavy atom. The van der Waals surface area contributed by atoms with E-state index in [0.29, 0.717) is 19.6 Å². The van der Waals surface area contributed by atoms with Crippen LogP contribution in [-0.2, 0) is 12.7 Å². The minimum Gasteiger partial charge on any atom is -0.497 e. The molecule has 0 bridgehead atoms. The number of carbonyl (C=O) groups is 1. The van der Waals surface area contributed by atoms with Gasteiger partial charge in [0.25, 0.3) is 5.91 Å². The van der Waals surface area contributed by atoms with Crippen molar-refractivity contribution in [1.82, 2.24) is 9.80 Å². The minimum atomic E-state index is -4.51. The maximum atomic E-state index is 13.0. The predicted octanol–water partition coefficient (Wildman–Crippen LogP) is 3.43. The summed E-state index contributed by atoms with van der Waals surface area (Å²) in [5.41, 5.74) is 0.208. The van der Waals surface area contributed by atoms with Crippen LogP contribution in [0.2, 0.25) is 0 Å². The van der Waals surface area contributed by atoms with Gasteiger partial charge < -0.3 is 14.4 Å². The van der Waals surface area contributed by atoms with E-state index in [1.54, 1.807) is 14.2 Å². The predicted molar refractivity (Wildman–Crippen MR) is 100 cm³/mol. The maximum Gasteiger partial charge on any atom is 0.416 e. The van der Waals surface area contributed by atoms with E-state index in [9.17, 15) is 18.0 Å². The molecule has 1 saturated heterocycles. The largest absolute Gasteiger partial charge is 0.497 e. The number of halogens is 3. The highest BCUT2D eigenvalue weighted by Crippen LogP contribution is 2.36. The second-order valence-electron chi connectivity index (χ2n) is 7.39. The van der Waals surface area contributed by atoms with Crippen molar-refractivity contribution in [2.24, 2.45) is 0 Å². The second-order valence-corrected chi connectivity index (χ2v) is 7.39. The van der Waals surface area contributed by atoms with Crippen molar-refractivity contribution >= 4 is 5.91 Å². The highest BCUT2D eigenvalue weighted by Gasteiger charge is 2.43. The smallest absolute Gasteiger partial charge is 0.416 e. The summed E-state index contributed by atoms with van der Waals surface area (Å²) >= 11 is 0. The van der Waals surface area contributed by atoms with Crippen molar-refractivity contribution in [2.45, 2.75) is 24.9 Å². The molecular formula is C21H21F3N2O3. The van der Waals surface area contributed by atoms with E-state index >= 15 is 0 Å². The molecule has 5 nitrogen and oxygen atoms in total. The number of rotatable bonds is 3. The summed E-state index contributed by atoms with van der Waals surface area (Å²) in [5.74, 6) is 0.530. The molecule has 0 aliphatic carbocycles. The zero-order chi connectivity index (χ0) is 20.8. The molecule has 2 aromatic carbocycles. The van der Waals surface area contributed by atoms with E-state index in [0.717, 1.165) is 23.4 Å². The number of carbonyl (C=O) groups excluding carboxylic acids is 1. The Hall–Kier alpha value is -2.74. The molecule has 0 spiro atoms. The van der Waals surface area contributed by atoms with E-state index in [-0.39, 0.29) is 23.5 Å². The number of likely N-dealkylation sites (N-methyl/N-ethyl adjacent to an activating group) is 1. The SMILES string of the molecule is COc1ccc(CN2CC3Oc4ccc(C(F)(F)F)cc4C(=O)N(C)C3C2)cc1. The first kappa shape index (κ1) is 19.6. The van der Waals surface area contributed by atoms with Gasteiger partial charge in [0.1, 0.15) is 17.6 Å². The van der Waals surface area contributed by atoms with Gasteiger partial charge in [0, 0.05) is 26.7 Å². The molecule has 0 saturated carbocycles. The number of ether oxygens (including phenoxy) is 2. The lowest BCUT2D eigenvalue weighted by molar-refractivity contribution is -0.137. The normalized spacial score (nSPS) is 22.0. The summed E-state index contributed by atoms with van der Waals surface area (Å²) in [7, 11) is 3.23. The van der Waals surface area contributed by atoms with Crippen molar-refractivity contribution in [3.05, 3.63) is 59.2 Å². The van der Waals surface area contributed by atoms with Crippen molar-refractivity contribution in [3.63, 3.8) is 0 Å². The first-order valence-electron chi connectivity index (χ1n) is 9.26. The fraction of sp³-hybridized carbons (Fsp3) is 0.381. The molecule has 2 atom stereocenters. The average molecular weight is 406 g/mol. The lowest BCUT2D eigenvalue weighted by Crippen LogP contribution is -2.44. The molecular weight excluding hydrogens is 385 g/mol. The third-order valence-electron chi connectivity index (χ3n) is 5.51. The number of alkyl halides is 3. The van der Waals surface area contributed by atoms with Crippen LogP contribution in [0.3, 0.4) is 0 Å². The Bertz CT molecular complexity index is 914. The van der Waals surface area contributed by atoms with Crippen molar-refractivity contribution in [2.75, 3.05) is 27.2 Å². The highest BCUT2D eigenvalue weighted by atomic mass is 19.4. The molecule has 29 heavy (non-hydrogen) atoms. The van der Waals surface area contributed by atoms with E-state index in [4.69, 9.17) is 9.47 Å². The molecule has 4 rings (SSSR count). The molecule has 0 radical (unpaired) electrons. The second kappa shape index (κ2) is 7.26. The van der Waals surface area contributed by atoms with Crippen LogP contribution in [0.15, 0.2) is 42.5 Å². The van der Waals surface area contributed by atoms with Crippen molar-refractivity contribution < 1.29 is 27.4 Å². The van der Waals surface area contributed by atoms with E-state index in [2.05, 4.69) is 4.90 Å². The van der Waals surface area contributed by atoms with Crippen LogP contribution in [0.5, 0.6) is 11.5 Å². The molecule has 0 N–H and O–H groups in total. The number of nitrogens with zero attached hydrogens (tertiary/aromatic N) is 2. The van der Waals surface area contributed by atoms with Crippen molar-refractivity contribution in [3.8, 4) is 11.5 Å². The van der Waals surface area contributed by atoms with Gasteiger partial charge in [0.05, 0.1) is 24.3 Å². The fourth-order valence-electron chi connectivity index (χ4n) is 3.92. The van der Waals surface area contributed by atoms with Gasteiger partial charge in [-0.15, -0.1) is 0 Å². The third-order valence-corrected chi connectivity index (χ3v) is 5.51. The molecule has 2 heterocycles. The topological polar surface area (TPSA) is 42.0 Å². The number of amides is 1. The van der Waals surface area contributed by atoms with Gasteiger partial charge in [-0.05, 0) is 35.9 Å². The average Bonchev–Trinajstić information content (AvgIpc) is 3.05. The van der Waals surface area contributed by atoms with Crippen LogP contribution >= 0.6 is 0 Å². The van der Waals surface area contributed by atoms with Crippen LogP contribution < -0.4 is 9.47 Å². The minimum absolute atomic E-state index is 0.0431. The van der Waals surface area contributed by atoms with Crippen molar-refractivity contribution in [1.29, 1.82) is 0 Å². The zero-order valence-corrected chi connectivity index (χ0v) is 16.1. The summed E-state index contributed by atoms with van der Waals surface area (Å²) in [6.45, 7) is 1.84. The molecule has 2 aromatic rings. The Kier molecular flexibility index (Phi) is 4.90. The van der Waals surface area contributed by atoms with Gasteiger partial charge in [-0.3, -0.25) is 9.69 Å². The van der Waals surface area contributed by atoms with E-state index < -0.39 is 17.6 Å². The van der Waals surface area contributed by atoms with Gasteiger partial charge in [0.15, 0.2) is 0 Å². The Morgan fingerprint density at radius 2 is 1.86 bits per heavy atom. The monoisotopic (exact) mass is 406 g/mol. The fourth-order valence-corrected chi connectivity index (χ4v) is 3.92. The summed E-state index contributed by atoms with van der Waals surface area (Å²) in [6.07, 6.45) is -4.81. The molecule has 2 aliphatic rings. The van der Waals surface area contributed by atoms with E-state index in [1.165, 1.54) is 11.0 Å². The van der Waals surface area contributed by atoms with Gasteiger partial charge in [-0.1, -0.05) is 12.1 Å². The number of methoxy groups -OCH3 is 1. The Morgan fingerprint density at radius 3 is 2.52 bits per heavy atom. The zero-order valence-electron chi connectivity index (χ0n) is 16.1. The van der Waals surface area contributed by atoms with Crippen LogP contribution in [0.1, 0.15) is 21.5 Å². The number of fused-ring (bicyclic) bond motifs is 2. The molecule has 2 unspecified atom stereocenters. The van der Waals surface area contributed by atoms with E-state index in [1.807, 2.05) is 24.3 Å². The van der Waals surface area contributed by atoms with Gasteiger partial charge in [0.2, 0.25) is 0 Å². The summed E-state index contributed by atoms with van der Waals surface area (Å²) in [6, 6.07) is 10.6. The number of benzene rings is 2. The number of hydrogen-bond donors (Lipinski definition) is 0. The third kappa shape index (κ3) is 3.76. The molecule has 2 aliphatic heterocycles. The van der Waals surface area contributed by atoms with Crippen LogP contribution in [0, 0.1) is 0 Å². The lowest BCUT2D eigenvalue weighted by atomic mass is 10.1. The Balaban J connectivity index is 1.54. The molecule has 8 heteroatoms. The standard InChI is InChI=1S/C21H21F3N2O3/c1-25-17-11-26(10-13-3-6-15(28-2)7-4-13)12-19(17)29-18-8-5-14(21(22,23)24)9-16(18)20(25)27/h3-9,17,19H,10-12H2,1-2H3. The lowest BCUT2D eigenvalue weighted by Gasteiger charge is -2.25. The Labute approximate surface area is 166 Å². The van der Waals surface area contributed by atoms with Crippen LogP contribution in [0.25, 0.3) is 0 Å². The quantitative estimate of drug-likeness (QED) is 0.783. The summed E-state index contributed by atoms with van der Waals surface area (Å²) in [5, 5.41) is 0. The highest BCUT2D eigenvalue weighted by molar-refractivity contribution is 5.97. The van der Waals surface area contributed by atoms with Gasteiger partial charge in [-0.25, -0.2) is 0 Å². The molecule has 0 aromatic heterocycles. The molecule has 1 amide bonds. The first-order valence-corrected chi connectivity index (χ1v) is 9.26. The molecule has 1 fully saturated rings. The number of likely N-dealkylation sites (tertiary alicyclic amines) is 1. The van der Waals surface area contributed by atoms with Gasteiger partial charge >= 0.3 is 6.18 Å². The first-order chi connectivity index (χ1) is 13.8. The molecule has 154 valence electrons. The summed E-state index contributed by atoms with van der Waals surface area (Å²) < 4.78 is 50.3.